The van der Waals surface area contributed by atoms with Crippen molar-refractivity contribution in [3.63, 3.8) is 0 Å². The van der Waals surface area contributed by atoms with Gasteiger partial charge >= 0.3 is 0 Å². The molecule has 0 bridgehead atoms. The Kier molecular flexibility index (Phi) is 7.54. The van der Waals surface area contributed by atoms with Crippen molar-refractivity contribution in [3.8, 4) is 0 Å². The Balaban J connectivity index is 1.41. The van der Waals surface area contributed by atoms with E-state index in [2.05, 4.69) is 15.6 Å². The molecule has 6 nitrogen and oxygen atoms in total. The van der Waals surface area contributed by atoms with Crippen molar-refractivity contribution < 1.29 is 14.0 Å². The lowest BCUT2D eigenvalue weighted by Crippen LogP contribution is -2.38. The van der Waals surface area contributed by atoms with E-state index in [1.807, 2.05) is 13.0 Å². The number of guanidine groups is 1. The molecule has 0 aromatic heterocycles. The smallest absolute Gasteiger partial charge is 0.261 e. The molecule has 2 amide bonds. The summed E-state index contributed by atoms with van der Waals surface area (Å²) in [5.74, 6) is 0.0404. The van der Waals surface area contributed by atoms with Gasteiger partial charge in [-0.1, -0.05) is 24.3 Å². The second kappa shape index (κ2) is 10.5. The number of hydrogen-bond donors (Lipinski definition) is 2. The zero-order valence-electron chi connectivity index (χ0n) is 17.2. The van der Waals surface area contributed by atoms with E-state index in [1.54, 1.807) is 30.3 Å². The zero-order valence-corrected chi connectivity index (χ0v) is 17.2. The Morgan fingerprint density at radius 3 is 2.40 bits per heavy atom. The highest BCUT2D eigenvalue weighted by Gasteiger charge is 2.34. The summed E-state index contributed by atoms with van der Waals surface area (Å²) in [6.45, 7) is 4.35. The molecular weight excluding hydrogens is 383 g/mol. The molecule has 1 aliphatic heterocycles. The number of halogens is 1. The number of carbonyl (C=O) groups is 2. The largest absolute Gasteiger partial charge is 0.357 e. The molecular formula is C23H27FN4O2. The fourth-order valence-electron chi connectivity index (χ4n) is 3.37. The van der Waals surface area contributed by atoms with Gasteiger partial charge in [0.05, 0.1) is 11.1 Å². The number of unbranched alkanes of at least 4 members (excludes halogenated alkanes) is 1. The highest BCUT2D eigenvalue weighted by molar-refractivity contribution is 6.21. The minimum absolute atomic E-state index is 0.216. The number of imide groups is 1. The summed E-state index contributed by atoms with van der Waals surface area (Å²) >= 11 is 0. The summed E-state index contributed by atoms with van der Waals surface area (Å²) in [5.41, 5.74) is 1.90. The summed E-state index contributed by atoms with van der Waals surface area (Å²) in [6.07, 6.45) is 2.15. The molecule has 1 heterocycles. The van der Waals surface area contributed by atoms with E-state index in [-0.39, 0.29) is 17.6 Å². The monoisotopic (exact) mass is 410 g/mol. The minimum Gasteiger partial charge on any atom is -0.357 e. The van der Waals surface area contributed by atoms with Crippen LogP contribution in [-0.2, 0) is 6.42 Å². The third-order valence-electron chi connectivity index (χ3n) is 4.88. The number of carbonyl (C=O) groups excluding carboxylic acids is 2. The van der Waals surface area contributed by atoms with Crippen LogP contribution in [0, 0.1) is 5.82 Å². The van der Waals surface area contributed by atoms with Crippen molar-refractivity contribution in [2.45, 2.75) is 26.2 Å². The highest BCUT2D eigenvalue weighted by Crippen LogP contribution is 2.22. The Morgan fingerprint density at radius 2 is 1.73 bits per heavy atom. The first kappa shape index (κ1) is 21.5. The summed E-state index contributed by atoms with van der Waals surface area (Å²) in [6, 6.07) is 13.5. The van der Waals surface area contributed by atoms with E-state index in [4.69, 9.17) is 0 Å². The number of hydrogen-bond acceptors (Lipinski definition) is 3. The van der Waals surface area contributed by atoms with Gasteiger partial charge in [-0.2, -0.15) is 0 Å². The van der Waals surface area contributed by atoms with E-state index < -0.39 is 0 Å². The van der Waals surface area contributed by atoms with Crippen LogP contribution in [0.5, 0.6) is 0 Å². The Hall–Kier alpha value is -3.22. The average molecular weight is 410 g/mol. The molecule has 0 radical (unpaired) electrons. The number of rotatable bonds is 9. The molecule has 30 heavy (non-hydrogen) atoms. The summed E-state index contributed by atoms with van der Waals surface area (Å²) in [7, 11) is 0. The summed E-state index contributed by atoms with van der Waals surface area (Å²) < 4.78 is 13.2. The topological polar surface area (TPSA) is 73.8 Å². The Bertz CT molecular complexity index is 894. The molecule has 0 atom stereocenters. The lowest BCUT2D eigenvalue weighted by atomic mass is 10.1. The fourth-order valence-corrected chi connectivity index (χ4v) is 3.37. The van der Waals surface area contributed by atoms with Crippen molar-refractivity contribution in [1.29, 1.82) is 0 Å². The van der Waals surface area contributed by atoms with E-state index in [0.717, 1.165) is 18.5 Å². The van der Waals surface area contributed by atoms with Gasteiger partial charge in [0.2, 0.25) is 0 Å². The second-order valence-electron chi connectivity index (χ2n) is 7.08. The van der Waals surface area contributed by atoms with Gasteiger partial charge in [-0.05, 0) is 56.0 Å². The van der Waals surface area contributed by atoms with Gasteiger partial charge in [0.15, 0.2) is 5.96 Å². The number of aliphatic imine (C=N–C) groups is 1. The Morgan fingerprint density at radius 1 is 1.00 bits per heavy atom. The average Bonchev–Trinajstić information content (AvgIpc) is 2.98. The molecule has 0 aliphatic carbocycles. The van der Waals surface area contributed by atoms with Gasteiger partial charge in [-0.15, -0.1) is 0 Å². The van der Waals surface area contributed by atoms with E-state index in [1.165, 1.54) is 17.0 Å². The van der Waals surface area contributed by atoms with Crippen molar-refractivity contribution >= 4 is 17.8 Å². The van der Waals surface area contributed by atoms with Gasteiger partial charge in [0, 0.05) is 26.2 Å². The molecule has 0 unspecified atom stereocenters. The second-order valence-corrected chi connectivity index (χ2v) is 7.08. The van der Waals surface area contributed by atoms with Crippen LogP contribution in [0.15, 0.2) is 53.5 Å². The molecule has 0 saturated heterocycles. The van der Waals surface area contributed by atoms with Crippen molar-refractivity contribution in [3.05, 3.63) is 71.0 Å². The van der Waals surface area contributed by atoms with Gasteiger partial charge < -0.3 is 10.6 Å². The predicted octanol–water partition coefficient (Wildman–Crippen LogP) is 3.00. The molecule has 2 aromatic rings. The number of amides is 2. The number of benzene rings is 2. The molecule has 2 aromatic carbocycles. The summed E-state index contributed by atoms with van der Waals surface area (Å²) in [4.78, 5) is 30.6. The minimum atomic E-state index is -0.230. The van der Waals surface area contributed by atoms with Gasteiger partial charge in [-0.3, -0.25) is 19.5 Å². The van der Waals surface area contributed by atoms with E-state index in [0.29, 0.717) is 49.6 Å². The normalized spacial score (nSPS) is 13.5. The van der Waals surface area contributed by atoms with Gasteiger partial charge in [0.25, 0.3) is 11.8 Å². The van der Waals surface area contributed by atoms with Crippen LogP contribution in [0.25, 0.3) is 0 Å². The van der Waals surface area contributed by atoms with Crippen LogP contribution in [-0.4, -0.2) is 48.9 Å². The lowest BCUT2D eigenvalue weighted by molar-refractivity contribution is 0.0652. The molecule has 2 N–H and O–H groups in total. The van der Waals surface area contributed by atoms with Crippen molar-refractivity contribution in [2.24, 2.45) is 4.99 Å². The third-order valence-corrected chi connectivity index (χ3v) is 4.88. The number of nitrogens with one attached hydrogen (secondary N) is 2. The molecule has 158 valence electrons. The van der Waals surface area contributed by atoms with Crippen molar-refractivity contribution in [1.82, 2.24) is 15.5 Å². The summed E-state index contributed by atoms with van der Waals surface area (Å²) in [5, 5.41) is 6.43. The number of nitrogens with zero attached hydrogens (tertiary/aromatic N) is 2. The molecule has 3 rings (SSSR count). The first-order valence-electron chi connectivity index (χ1n) is 10.3. The van der Waals surface area contributed by atoms with Crippen LogP contribution in [0.1, 0.15) is 46.0 Å². The lowest BCUT2D eigenvalue weighted by Gasteiger charge is -2.14. The SMILES string of the molecule is CCNC(=NCCCCN1C(=O)c2ccccc2C1=O)NCCc1cccc(F)c1. The first-order valence-corrected chi connectivity index (χ1v) is 10.3. The first-order chi connectivity index (χ1) is 14.6. The maximum absolute atomic E-state index is 13.2. The third kappa shape index (κ3) is 5.43. The fraction of sp³-hybridized carbons (Fsp3) is 0.348. The van der Waals surface area contributed by atoms with Gasteiger partial charge in [-0.25, -0.2) is 4.39 Å². The molecule has 7 heteroatoms. The highest BCUT2D eigenvalue weighted by atomic mass is 19.1. The van der Waals surface area contributed by atoms with E-state index in [9.17, 15) is 14.0 Å². The van der Waals surface area contributed by atoms with Crippen molar-refractivity contribution in [2.75, 3.05) is 26.2 Å². The number of fused-ring (bicyclic) bond motifs is 1. The van der Waals surface area contributed by atoms with Crippen LogP contribution < -0.4 is 10.6 Å². The van der Waals surface area contributed by atoms with Crippen LogP contribution in [0.2, 0.25) is 0 Å². The molecule has 0 spiro atoms. The standard InChI is InChI=1S/C23H27FN4O2/c1-2-25-23(27-14-12-17-8-7-9-18(24)16-17)26-13-5-6-15-28-21(29)19-10-3-4-11-20(19)22(28)30/h3-4,7-11,16H,2,5-6,12-15H2,1H3,(H2,25,26,27). The van der Waals surface area contributed by atoms with Crippen LogP contribution >= 0.6 is 0 Å². The zero-order chi connectivity index (χ0) is 21.3. The van der Waals surface area contributed by atoms with Crippen LogP contribution in [0.3, 0.4) is 0 Å². The van der Waals surface area contributed by atoms with E-state index >= 15 is 0 Å². The predicted molar refractivity (Wildman–Crippen MR) is 115 cm³/mol. The Labute approximate surface area is 176 Å². The molecule has 0 fully saturated rings. The molecule has 1 aliphatic rings. The van der Waals surface area contributed by atoms with Crippen LogP contribution in [0.4, 0.5) is 4.39 Å². The van der Waals surface area contributed by atoms with Gasteiger partial charge in [0.1, 0.15) is 5.82 Å². The maximum atomic E-state index is 13.2. The quantitative estimate of drug-likeness (QED) is 0.289. The molecule has 0 saturated carbocycles. The maximum Gasteiger partial charge on any atom is 0.261 e.